The van der Waals surface area contributed by atoms with Gasteiger partial charge in [0.2, 0.25) is 0 Å². The Kier molecular flexibility index (Phi) is 6.34. The van der Waals surface area contributed by atoms with E-state index >= 15 is 0 Å². The van der Waals surface area contributed by atoms with Gasteiger partial charge in [0.1, 0.15) is 12.5 Å². The molecule has 0 fully saturated rings. The van der Waals surface area contributed by atoms with Crippen LogP contribution >= 0.6 is 11.3 Å². The van der Waals surface area contributed by atoms with Crippen LogP contribution in [0, 0.1) is 5.92 Å². The highest BCUT2D eigenvalue weighted by atomic mass is 32.1. The Labute approximate surface area is 186 Å². The van der Waals surface area contributed by atoms with E-state index in [2.05, 4.69) is 22.0 Å². The predicted molar refractivity (Wildman–Crippen MR) is 120 cm³/mol. The Morgan fingerprint density at radius 3 is 2.48 bits per heavy atom. The van der Waals surface area contributed by atoms with Crippen LogP contribution in [-0.4, -0.2) is 42.8 Å². The number of hydrogen-bond donors (Lipinski definition) is 0. The van der Waals surface area contributed by atoms with E-state index in [1.165, 1.54) is 29.6 Å². The molecular weight excluding hydrogens is 412 g/mol. The monoisotopic (exact) mass is 438 g/mol. The molecule has 2 aliphatic heterocycles. The highest BCUT2D eigenvalue weighted by Gasteiger charge is 2.42. The molecule has 2 aliphatic rings. The summed E-state index contributed by atoms with van der Waals surface area (Å²) in [6.07, 6.45) is 0. The minimum atomic E-state index is -0.640. The quantitative estimate of drug-likeness (QED) is 0.640. The third-order valence-corrected chi connectivity index (χ3v) is 6.65. The van der Waals surface area contributed by atoms with E-state index in [0.29, 0.717) is 23.5 Å². The first-order valence-electron chi connectivity index (χ1n) is 10.3. The molecule has 0 saturated heterocycles. The lowest BCUT2D eigenvalue weighted by molar-refractivity contribution is -0.144. The van der Waals surface area contributed by atoms with Crippen molar-refractivity contribution in [3.63, 3.8) is 0 Å². The molecule has 0 bridgehead atoms. The van der Waals surface area contributed by atoms with Crippen molar-refractivity contribution in [3.05, 3.63) is 69.1 Å². The molecule has 1 aromatic heterocycles. The molecule has 0 amide bonds. The van der Waals surface area contributed by atoms with Crippen LogP contribution in [0.1, 0.15) is 36.5 Å². The molecule has 2 unspecified atom stereocenters. The molecule has 0 aliphatic carbocycles. The Bertz CT molecular complexity index is 1020. The van der Waals surface area contributed by atoms with Crippen molar-refractivity contribution in [3.8, 4) is 0 Å². The molecule has 0 radical (unpaired) electrons. The standard InChI is InChI=1S/C24H26N2O4S/c1-15-20(23(27)29-3)22(19-8-11-31-14-19)21(16(2)25-15)24(28)30-10-9-26-12-17-6-4-5-7-18(17)13-26/h4-8,11,14,20,22H,9-10,12-13H2,1-3H3. The Morgan fingerprint density at radius 1 is 1.16 bits per heavy atom. The van der Waals surface area contributed by atoms with Crippen LogP contribution in [0.5, 0.6) is 0 Å². The van der Waals surface area contributed by atoms with Crippen LogP contribution in [0.3, 0.4) is 0 Å². The Hall–Kier alpha value is -2.77. The van der Waals surface area contributed by atoms with Crippen LogP contribution in [0.25, 0.3) is 0 Å². The van der Waals surface area contributed by atoms with E-state index in [9.17, 15) is 9.59 Å². The van der Waals surface area contributed by atoms with Gasteiger partial charge in [-0.3, -0.25) is 14.7 Å². The lowest BCUT2D eigenvalue weighted by atomic mass is 9.76. The minimum Gasteiger partial charge on any atom is -0.468 e. The SMILES string of the molecule is COC(=O)C1C(C)=NC(C)=C(C(=O)OCCN2Cc3ccccc3C2)C1c1ccsc1. The van der Waals surface area contributed by atoms with Gasteiger partial charge in [0.15, 0.2) is 0 Å². The highest BCUT2D eigenvalue weighted by molar-refractivity contribution is 7.08. The maximum Gasteiger partial charge on any atom is 0.336 e. The fraction of sp³-hybridized carbons (Fsp3) is 0.375. The van der Waals surface area contributed by atoms with Gasteiger partial charge in [0.05, 0.1) is 12.7 Å². The maximum absolute atomic E-state index is 13.2. The average Bonchev–Trinajstić information content (AvgIpc) is 3.42. The van der Waals surface area contributed by atoms with Crippen molar-refractivity contribution in [2.75, 3.05) is 20.3 Å². The van der Waals surface area contributed by atoms with Gasteiger partial charge in [-0.25, -0.2) is 4.79 Å². The van der Waals surface area contributed by atoms with Gasteiger partial charge in [0.25, 0.3) is 0 Å². The first-order valence-corrected chi connectivity index (χ1v) is 11.3. The third kappa shape index (κ3) is 4.34. The molecule has 1 aromatic carbocycles. The van der Waals surface area contributed by atoms with Crippen LogP contribution < -0.4 is 0 Å². The maximum atomic E-state index is 13.2. The number of carbonyl (C=O) groups excluding carboxylic acids is 2. The predicted octanol–water partition coefficient (Wildman–Crippen LogP) is 3.93. The van der Waals surface area contributed by atoms with Crippen LogP contribution in [0.4, 0.5) is 0 Å². The van der Waals surface area contributed by atoms with Crippen LogP contribution in [0.15, 0.2) is 57.4 Å². The highest BCUT2D eigenvalue weighted by Crippen LogP contribution is 2.40. The number of benzene rings is 1. The first-order chi connectivity index (χ1) is 15.0. The van der Waals surface area contributed by atoms with E-state index in [1.54, 1.807) is 13.8 Å². The molecule has 3 heterocycles. The second-order valence-electron chi connectivity index (χ2n) is 7.90. The average molecular weight is 439 g/mol. The summed E-state index contributed by atoms with van der Waals surface area (Å²) in [6.45, 7) is 6.26. The number of nitrogens with zero attached hydrogens (tertiary/aromatic N) is 2. The van der Waals surface area contributed by atoms with Crippen molar-refractivity contribution in [1.29, 1.82) is 0 Å². The molecule has 162 valence electrons. The first kappa shape index (κ1) is 21.5. The fourth-order valence-corrected chi connectivity index (χ4v) is 5.15. The van der Waals surface area contributed by atoms with Crippen molar-refractivity contribution < 1.29 is 19.1 Å². The molecule has 0 saturated carbocycles. The Morgan fingerprint density at radius 2 is 1.87 bits per heavy atom. The number of allylic oxidation sites excluding steroid dienone is 1. The molecule has 2 atom stereocenters. The number of hydrogen-bond acceptors (Lipinski definition) is 7. The second-order valence-corrected chi connectivity index (χ2v) is 8.68. The van der Waals surface area contributed by atoms with Gasteiger partial charge in [-0.1, -0.05) is 24.3 Å². The van der Waals surface area contributed by atoms with Crippen LogP contribution in [-0.2, 0) is 32.2 Å². The molecule has 7 heteroatoms. The smallest absolute Gasteiger partial charge is 0.336 e. The normalized spacial score (nSPS) is 20.9. The Balaban J connectivity index is 1.48. The summed E-state index contributed by atoms with van der Waals surface area (Å²) in [5.41, 5.74) is 5.21. The lowest BCUT2D eigenvalue weighted by Crippen LogP contribution is -2.36. The zero-order valence-electron chi connectivity index (χ0n) is 18.0. The van der Waals surface area contributed by atoms with Crippen molar-refractivity contribution in [2.45, 2.75) is 32.9 Å². The molecule has 31 heavy (non-hydrogen) atoms. The molecule has 0 spiro atoms. The third-order valence-electron chi connectivity index (χ3n) is 5.95. The molecule has 4 rings (SSSR count). The number of thiophene rings is 1. The van der Waals surface area contributed by atoms with Gasteiger partial charge in [-0.15, -0.1) is 0 Å². The number of ether oxygens (including phenoxy) is 2. The topological polar surface area (TPSA) is 68.2 Å². The zero-order valence-corrected chi connectivity index (χ0v) is 18.8. The number of esters is 2. The largest absolute Gasteiger partial charge is 0.468 e. The van der Waals surface area contributed by atoms with Gasteiger partial charge < -0.3 is 9.47 Å². The van der Waals surface area contributed by atoms with Crippen molar-refractivity contribution >= 4 is 29.0 Å². The van der Waals surface area contributed by atoms with E-state index in [0.717, 1.165) is 18.7 Å². The summed E-state index contributed by atoms with van der Waals surface area (Å²) in [6, 6.07) is 10.3. The molecule has 0 N–H and O–H groups in total. The van der Waals surface area contributed by atoms with E-state index in [4.69, 9.17) is 9.47 Å². The summed E-state index contributed by atoms with van der Waals surface area (Å²) in [4.78, 5) is 32.5. The van der Waals surface area contributed by atoms with Gasteiger partial charge in [-0.05, 0) is 47.4 Å². The van der Waals surface area contributed by atoms with Gasteiger partial charge in [-0.2, -0.15) is 11.3 Å². The molecular formula is C24H26N2O4S. The van der Waals surface area contributed by atoms with E-state index in [1.807, 2.05) is 29.0 Å². The van der Waals surface area contributed by atoms with Gasteiger partial charge in [0, 0.05) is 37.0 Å². The number of fused-ring (bicyclic) bond motifs is 1. The summed E-state index contributed by atoms with van der Waals surface area (Å²) in [5.74, 6) is -1.92. The molecule has 6 nitrogen and oxygen atoms in total. The number of carbonyl (C=O) groups is 2. The number of methoxy groups -OCH3 is 1. The van der Waals surface area contributed by atoms with Crippen LogP contribution in [0.2, 0.25) is 0 Å². The number of aliphatic imine (C=N–C) groups is 1. The molecule has 2 aromatic rings. The summed E-state index contributed by atoms with van der Waals surface area (Å²) >= 11 is 1.53. The second kappa shape index (κ2) is 9.16. The number of rotatable bonds is 6. The minimum absolute atomic E-state index is 0.283. The zero-order chi connectivity index (χ0) is 22.0. The summed E-state index contributed by atoms with van der Waals surface area (Å²) < 4.78 is 10.7. The fourth-order valence-electron chi connectivity index (χ4n) is 4.45. The van der Waals surface area contributed by atoms with Crippen molar-refractivity contribution in [1.82, 2.24) is 4.90 Å². The van der Waals surface area contributed by atoms with E-state index in [-0.39, 0.29) is 6.61 Å². The van der Waals surface area contributed by atoms with Gasteiger partial charge >= 0.3 is 11.9 Å². The summed E-state index contributed by atoms with van der Waals surface area (Å²) in [7, 11) is 1.36. The van der Waals surface area contributed by atoms with Crippen molar-refractivity contribution in [2.24, 2.45) is 10.9 Å². The van der Waals surface area contributed by atoms with E-state index < -0.39 is 23.8 Å². The lowest BCUT2D eigenvalue weighted by Gasteiger charge is -2.30. The summed E-state index contributed by atoms with van der Waals surface area (Å²) in [5, 5.41) is 3.90.